The van der Waals surface area contributed by atoms with Crippen LogP contribution in [0.25, 0.3) is 0 Å². The lowest BCUT2D eigenvalue weighted by atomic mass is 9.85. The van der Waals surface area contributed by atoms with E-state index in [1.54, 1.807) is 24.3 Å². The molecular formula is C18H16N2O4. The molecular weight excluding hydrogens is 308 g/mol. The molecule has 0 radical (unpaired) electrons. The monoisotopic (exact) mass is 324 g/mol. The van der Waals surface area contributed by atoms with Crippen LogP contribution in [-0.2, 0) is 25.7 Å². The summed E-state index contributed by atoms with van der Waals surface area (Å²) in [4.78, 5) is 37.6. The van der Waals surface area contributed by atoms with E-state index in [-0.39, 0.29) is 36.8 Å². The molecule has 2 aliphatic rings. The van der Waals surface area contributed by atoms with Gasteiger partial charge in [-0.1, -0.05) is 30.4 Å². The smallest absolute Gasteiger partial charge is 0.326 e. The number of allylic oxidation sites excluding steroid dienone is 2. The van der Waals surface area contributed by atoms with Crippen molar-refractivity contribution in [3.63, 3.8) is 0 Å². The van der Waals surface area contributed by atoms with Gasteiger partial charge in [-0.15, -0.1) is 0 Å². The number of amides is 2. The van der Waals surface area contributed by atoms with Crippen molar-refractivity contribution in [2.75, 3.05) is 6.54 Å². The fourth-order valence-electron chi connectivity index (χ4n) is 3.11. The molecule has 122 valence electrons. The third kappa shape index (κ3) is 2.93. The summed E-state index contributed by atoms with van der Waals surface area (Å²) in [6.45, 7) is -0.438. The molecule has 24 heavy (non-hydrogen) atoms. The van der Waals surface area contributed by atoms with E-state index in [4.69, 9.17) is 10.00 Å². The van der Waals surface area contributed by atoms with Gasteiger partial charge in [-0.25, -0.2) is 0 Å². The van der Waals surface area contributed by atoms with E-state index in [9.17, 15) is 14.4 Å². The van der Waals surface area contributed by atoms with Crippen LogP contribution in [-0.4, -0.2) is 29.2 Å². The van der Waals surface area contributed by atoms with Crippen molar-refractivity contribution in [3.8, 4) is 6.07 Å². The van der Waals surface area contributed by atoms with E-state index in [0.29, 0.717) is 24.0 Å². The number of esters is 1. The molecule has 6 nitrogen and oxygen atoms in total. The molecule has 1 aromatic carbocycles. The van der Waals surface area contributed by atoms with Crippen LogP contribution in [0.5, 0.6) is 0 Å². The maximum Gasteiger partial charge on any atom is 0.326 e. The van der Waals surface area contributed by atoms with Gasteiger partial charge in [0.2, 0.25) is 11.8 Å². The number of nitrogens with zero attached hydrogens (tertiary/aromatic N) is 2. The number of benzene rings is 1. The minimum Gasteiger partial charge on any atom is -0.459 e. The lowest BCUT2D eigenvalue weighted by molar-refractivity contribution is -0.153. The lowest BCUT2D eigenvalue weighted by Gasteiger charge is -2.14. The van der Waals surface area contributed by atoms with E-state index in [1.165, 1.54) is 0 Å². The largest absolute Gasteiger partial charge is 0.459 e. The van der Waals surface area contributed by atoms with E-state index in [0.717, 1.165) is 4.90 Å². The Bertz CT molecular complexity index is 737. The van der Waals surface area contributed by atoms with E-state index in [1.807, 2.05) is 18.2 Å². The normalized spacial score (nSPS) is 22.2. The Morgan fingerprint density at radius 2 is 1.79 bits per heavy atom. The highest BCUT2D eigenvalue weighted by molar-refractivity contribution is 6.07. The number of rotatable bonds is 4. The number of likely N-dealkylation sites (tertiary alicyclic amines) is 1. The molecule has 2 unspecified atom stereocenters. The highest BCUT2D eigenvalue weighted by Gasteiger charge is 2.47. The van der Waals surface area contributed by atoms with Crippen LogP contribution in [0.15, 0.2) is 36.4 Å². The fraction of sp³-hybridized carbons (Fsp3) is 0.333. The van der Waals surface area contributed by atoms with Gasteiger partial charge in [0.15, 0.2) is 0 Å². The first-order valence-electron chi connectivity index (χ1n) is 7.75. The molecule has 0 N–H and O–H groups in total. The van der Waals surface area contributed by atoms with Gasteiger partial charge in [0.25, 0.3) is 0 Å². The molecule has 1 heterocycles. The number of carbonyl (C=O) groups is 3. The second-order valence-electron chi connectivity index (χ2n) is 5.85. The van der Waals surface area contributed by atoms with Gasteiger partial charge in [-0.05, 0) is 18.9 Å². The van der Waals surface area contributed by atoms with Crippen molar-refractivity contribution in [1.82, 2.24) is 4.90 Å². The predicted molar refractivity (Wildman–Crippen MR) is 83.0 cm³/mol. The second kappa shape index (κ2) is 6.67. The van der Waals surface area contributed by atoms with Crippen LogP contribution in [0, 0.1) is 23.2 Å². The molecule has 2 amide bonds. The van der Waals surface area contributed by atoms with Gasteiger partial charge in [0.05, 0.1) is 23.5 Å². The summed E-state index contributed by atoms with van der Waals surface area (Å²) in [5.41, 5.74) is 1.01. The van der Waals surface area contributed by atoms with Crippen molar-refractivity contribution < 1.29 is 19.1 Å². The molecule has 1 saturated heterocycles. The third-order valence-corrected chi connectivity index (χ3v) is 4.41. The summed E-state index contributed by atoms with van der Waals surface area (Å²) >= 11 is 0. The summed E-state index contributed by atoms with van der Waals surface area (Å²) in [5, 5.41) is 9.01. The summed E-state index contributed by atoms with van der Waals surface area (Å²) in [6.07, 6.45) is 4.87. The molecule has 2 atom stereocenters. The Labute approximate surface area is 139 Å². The molecule has 0 spiro atoms. The molecule has 1 aliphatic carbocycles. The highest BCUT2D eigenvalue weighted by Crippen LogP contribution is 2.34. The van der Waals surface area contributed by atoms with Gasteiger partial charge in [-0.3, -0.25) is 19.3 Å². The van der Waals surface area contributed by atoms with Crippen LogP contribution in [0.1, 0.15) is 24.0 Å². The molecule has 0 bridgehead atoms. The van der Waals surface area contributed by atoms with Crippen LogP contribution in [0.2, 0.25) is 0 Å². The Kier molecular flexibility index (Phi) is 4.43. The summed E-state index contributed by atoms with van der Waals surface area (Å²) in [6, 6.07) is 8.82. The zero-order chi connectivity index (χ0) is 17.1. The quantitative estimate of drug-likeness (QED) is 0.476. The SMILES string of the molecule is N#Cc1ccccc1COC(=O)CN1C(=O)C2CC=CCC2C1=O. The first-order chi connectivity index (χ1) is 11.6. The van der Waals surface area contributed by atoms with Crippen molar-refractivity contribution >= 4 is 17.8 Å². The number of carbonyl (C=O) groups excluding carboxylic acids is 3. The van der Waals surface area contributed by atoms with Crippen molar-refractivity contribution in [2.45, 2.75) is 19.4 Å². The van der Waals surface area contributed by atoms with Crippen molar-refractivity contribution in [1.29, 1.82) is 5.26 Å². The molecule has 1 fully saturated rings. The van der Waals surface area contributed by atoms with Crippen LogP contribution in [0.3, 0.4) is 0 Å². The minimum absolute atomic E-state index is 0.0623. The Morgan fingerprint density at radius 3 is 2.42 bits per heavy atom. The third-order valence-electron chi connectivity index (χ3n) is 4.41. The maximum atomic E-state index is 12.3. The summed E-state index contributed by atoms with van der Waals surface area (Å²) < 4.78 is 5.13. The van der Waals surface area contributed by atoms with Crippen LogP contribution >= 0.6 is 0 Å². The zero-order valence-corrected chi connectivity index (χ0v) is 13.0. The predicted octanol–water partition coefficient (Wildman–Crippen LogP) is 1.55. The lowest BCUT2D eigenvalue weighted by Crippen LogP contribution is -2.36. The Balaban J connectivity index is 1.60. The molecule has 1 aliphatic heterocycles. The molecule has 3 rings (SSSR count). The van der Waals surface area contributed by atoms with Gasteiger partial charge in [-0.2, -0.15) is 5.26 Å². The molecule has 6 heteroatoms. The average molecular weight is 324 g/mol. The second-order valence-corrected chi connectivity index (χ2v) is 5.85. The number of ether oxygens (including phenoxy) is 1. The van der Waals surface area contributed by atoms with Gasteiger partial charge < -0.3 is 4.74 Å². The fourth-order valence-corrected chi connectivity index (χ4v) is 3.11. The Hall–Kier alpha value is -2.94. The zero-order valence-electron chi connectivity index (χ0n) is 13.0. The Morgan fingerprint density at radius 1 is 1.17 bits per heavy atom. The van der Waals surface area contributed by atoms with Gasteiger partial charge in [0.1, 0.15) is 13.2 Å². The van der Waals surface area contributed by atoms with Crippen molar-refractivity contribution in [2.24, 2.45) is 11.8 Å². The number of nitriles is 1. The topological polar surface area (TPSA) is 87.5 Å². The maximum absolute atomic E-state index is 12.3. The standard InChI is InChI=1S/C18H16N2O4/c19-9-12-5-1-2-6-13(12)11-24-16(21)10-20-17(22)14-7-3-4-8-15(14)18(20)23/h1-6,14-15H,7-8,10-11H2. The number of hydrogen-bond donors (Lipinski definition) is 0. The number of hydrogen-bond acceptors (Lipinski definition) is 5. The van der Waals surface area contributed by atoms with E-state index >= 15 is 0 Å². The van der Waals surface area contributed by atoms with Crippen LogP contribution in [0.4, 0.5) is 0 Å². The van der Waals surface area contributed by atoms with E-state index in [2.05, 4.69) is 0 Å². The number of imide groups is 1. The van der Waals surface area contributed by atoms with Crippen LogP contribution < -0.4 is 0 Å². The first kappa shape index (κ1) is 15.9. The first-order valence-corrected chi connectivity index (χ1v) is 7.75. The minimum atomic E-state index is -0.656. The average Bonchev–Trinajstić information content (AvgIpc) is 2.85. The molecule has 0 aromatic heterocycles. The number of fused-ring (bicyclic) bond motifs is 1. The highest BCUT2D eigenvalue weighted by atomic mass is 16.5. The van der Waals surface area contributed by atoms with Gasteiger partial charge >= 0.3 is 5.97 Å². The molecule has 0 saturated carbocycles. The van der Waals surface area contributed by atoms with E-state index < -0.39 is 5.97 Å². The molecule has 1 aromatic rings. The summed E-state index contributed by atoms with van der Waals surface area (Å²) in [7, 11) is 0. The summed E-state index contributed by atoms with van der Waals surface area (Å²) in [5.74, 6) is -1.97. The van der Waals surface area contributed by atoms with Gasteiger partial charge in [0, 0.05) is 5.56 Å². The van der Waals surface area contributed by atoms with Crippen molar-refractivity contribution in [3.05, 3.63) is 47.5 Å².